The number of carbonyl (C=O) groups is 1. The lowest BCUT2D eigenvalue weighted by Crippen LogP contribution is -2.42. The maximum atomic E-state index is 13.5. The van der Waals surface area contributed by atoms with E-state index in [9.17, 15) is 14.3 Å². The van der Waals surface area contributed by atoms with Crippen molar-refractivity contribution in [2.24, 2.45) is 0 Å². The van der Waals surface area contributed by atoms with Gasteiger partial charge in [0.25, 0.3) is 0 Å². The molecule has 5 nitrogen and oxygen atoms in total. The number of carboxylic acids is 1. The highest BCUT2D eigenvalue weighted by molar-refractivity contribution is 5.76. The third-order valence-electron chi connectivity index (χ3n) is 3.67. The van der Waals surface area contributed by atoms with Crippen molar-refractivity contribution in [1.82, 2.24) is 4.90 Å². The van der Waals surface area contributed by atoms with Gasteiger partial charge in [-0.25, -0.2) is 4.39 Å². The van der Waals surface area contributed by atoms with Crippen LogP contribution < -0.4 is 4.74 Å². The summed E-state index contributed by atoms with van der Waals surface area (Å²) in [5, 5.41) is 9.61. The Bertz CT molecular complexity index is 503. The highest BCUT2D eigenvalue weighted by Crippen LogP contribution is 2.31. The SMILES string of the molecule is CCCCOc1cc(F)ccc1[C@H](C(=O)O)N1CCOCC1. The Morgan fingerprint density at radius 3 is 2.82 bits per heavy atom. The molecule has 1 aromatic carbocycles. The number of hydrogen-bond donors (Lipinski definition) is 1. The van der Waals surface area contributed by atoms with Crippen LogP contribution in [0.3, 0.4) is 0 Å². The van der Waals surface area contributed by atoms with Crippen LogP contribution in [0.5, 0.6) is 5.75 Å². The van der Waals surface area contributed by atoms with Crippen LogP contribution >= 0.6 is 0 Å². The summed E-state index contributed by atoms with van der Waals surface area (Å²) in [4.78, 5) is 13.6. The summed E-state index contributed by atoms with van der Waals surface area (Å²) in [7, 11) is 0. The number of rotatable bonds is 7. The highest BCUT2D eigenvalue weighted by atomic mass is 19.1. The van der Waals surface area contributed by atoms with Crippen LogP contribution in [-0.4, -0.2) is 48.9 Å². The molecule has 1 heterocycles. The maximum Gasteiger partial charge on any atom is 0.325 e. The topological polar surface area (TPSA) is 59.0 Å². The Morgan fingerprint density at radius 1 is 1.45 bits per heavy atom. The average Bonchev–Trinajstić information content (AvgIpc) is 2.50. The van der Waals surface area contributed by atoms with Gasteiger partial charge in [-0.1, -0.05) is 19.4 Å². The zero-order valence-electron chi connectivity index (χ0n) is 12.8. The monoisotopic (exact) mass is 311 g/mol. The molecule has 0 bridgehead atoms. The van der Waals surface area contributed by atoms with Gasteiger partial charge in [-0.15, -0.1) is 0 Å². The first kappa shape index (κ1) is 16.7. The standard InChI is InChI=1S/C16H22FNO4/c1-2-3-8-22-14-11-12(17)4-5-13(14)15(16(19)20)18-6-9-21-10-7-18/h4-5,11,15H,2-3,6-10H2,1H3,(H,19,20)/t15-/m1/s1. The van der Waals surface area contributed by atoms with Crippen molar-refractivity contribution in [3.8, 4) is 5.75 Å². The molecule has 1 saturated heterocycles. The first-order valence-electron chi connectivity index (χ1n) is 7.60. The van der Waals surface area contributed by atoms with E-state index in [1.165, 1.54) is 18.2 Å². The Balaban J connectivity index is 2.27. The maximum absolute atomic E-state index is 13.5. The summed E-state index contributed by atoms with van der Waals surface area (Å²) in [6.45, 7) is 4.53. The van der Waals surface area contributed by atoms with Gasteiger partial charge in [-0.05, 0) is 12.5 Å². The lowest BCUT2D eigenvalue weighted by molar-refractivity contribution is -0.145. The van der Waals surface area contributed by atoms with E-state index in [1.54, 1.807) is 0 Å². The van der Waals surface area contributed by atoms with Crippen molar-refractivity contribution in [1.29, 1.82) is 0 Å². The minimum Gasteiger partial charge on any atom is -0.493 e. The number of morpholine rings is 1. The summed E-state index contributed by atoms with van der Waals surface area (Å²) in [6, 6.07) is 3.20. The second-order valence-electron chi connectivity index (χ2n) is 5.27. The summed E-state index contributed by atoms with van der Waals surface area (Å²) < 4.78 is 24.4. The van der Waals surface area contributed by atoms with E-state index < -0.39 is 17.8 Å². The molecule has 1 aromatic rings. The fourth-order valence-electron chi connectivity index (χ4n) is 2.51. The molecule has 1 N–H and O–H groups in total. The molecule has 1 aliphatic rings. The second kappa shape index (κ2) is 8.10. The number of hydrogen-bond acceptors (Lipinski definition) is 4. The molecule has 0 unspecified atom stereocenters. The summed E-state index contributed by atoms with van der Waals surface area (Å²) in [5.41, 5.74) is 0.493. The predicted octanol–water partition coefficient (Wildman–Crippen LogP) is 2.46. The number of nitrogens with zero attached hydrogens (tertiary/aromatic N) is 1. The van der Waals surface area contributed by atoms with Gasteiger partial charge in [0, 0.05) is 24.7 Å². The zero-order chi connectivity index (χ0) is 15.9. The van der Waals surface area contributed by atoms with Crippen LogP contribution in [0.1, 0.15) is 31.4 Å². The van der Waals surface area contributed by atoms with Crippen LogP contribution in [-0.2, 0) is 9.53 Å². The number of ether oxygens (including phenoxy) is 2. The largest absolute Gasteiger partial charge is 0.493 e. The van der Waals surface area contributed by atoms with Crippen molar-refractivity contribution in [3.63, 3.8) is 0 Å². The van der Waals surface area contributed by atoms with Gasteiger partial charge in [-0.3, -0.25) is 9.69 Å². The van der Waals surface area contributed by atoms with Crippen molar-refractivity contribution in [2.75, 3.05) is 32.9 Å². The molecular weight excluding hydrogens is 289 g/mol. The average molecular weight is 311 g/mol. The lowest BCUT2D eigenvalue weighted by Gasteiger charge is -2.32. The van der Waals surface area contributed by atoms with Crippen LogP contribution in [0.25, 0.3) is 0 Å². The van der Waals surface area contributed by atoms with Crippen molar-refractivity contribution >= 4 is 5.97 Å². The highest BCUT2D eigenvalue weighted by Gasteiger charge is 2.31. The van der Waals surface area contributed by atoms with Gasteiger partial charge in [0.2, 0.25) is 0 Å². The number of carboxylic acid groups (broad SMARTS) is 1. The Hall–Kier alpha value is -1.66. The Labute approximate surface area is 129 Å². The molecule has 0 aromatic heterocycles. The first-order valence-corrected chi connectivity index (χ1v) is 7.60. The number of halogens is 1. The number of aliphatic carboxylic acids is 1. The summed E-state index contributed by atoms with van der Waals surface area (Å²) in [5.74, 6) is -1.08. The summed E-state index contributed by atoms with van der Waals surface area (Å²) >= 11 is 0. The predicted molar refractivity (Wildman–Crippen MR) is 79.6 cm³/mol. The van der Waals surface area contributed by atoms with Gasteiger partial charge in [0.05, 0.1) is 19.8 Å². The molecule has 0 aliphatic carbocycles. The molecule has 0 spiro atoms. The quantitative estimate of drug-likeness (QED) is 0.784. The van der Waals surface area contributed by atoms with E-state index >= 15 is 0 Å². The van der Waals surface area contributed by atoms with E-state index in [4.69, 9.17) is 9.47 Å². The molecule has 22 heavy (non-hydrogen) atoms. The molecule has 0 radical (unpaired) electrons. The third-order valence-corrected chi connectivity index (χ3v) is 3.67. The van der Waals surface area contributed by atoms with Crippen LogP contribution in [0.15, 0.2) is 18.2 Å². The lowest BCUT2D eigenvalue weighted by atomic mass is 10.0. The molecule has 1 fully saturated rings. The minimum absolute atomic E-state index is 0.312. The van der Waals surface area contributed by atoms with Crippen LogP contribution in [0.4, 0.5) is 4.39 Å². The number of benzene rings is 1. The Morgan fingerprint density at radius 2 is 2.18 bits per heavy atom. The zero-order valence-corrected chi connectivity index (χ0v) is 12.8. The molecule has 6 heteroatoms. The third kappa shape index (κ3) is 4.18. The van der Waals surface area contributed by atoms with E-state index in [0.29, 0.717) is 44.2 Å². The first-order chi connectivity index (χ1) is 10.6. The molecule has 122 valence electrons. The van der Waals surface area contributed by atoms with Gasteiger partial charge < -0.3 is 14.6 Å². The molecule has 2 rings (SSSR count). The fraction of sp³-hybridized carbons (Fsp3) is 0.562. The van der Waals surface area contributed by atoms with Gasteiger partial charge in [0.1, 0.15) is 17.6 Å². The molecule has 1 atom stereocenters. The van der Waals surface area contributed by atoms with Gasteiger partial charge >= 0.3 is 5.97 Å². The minimum atomic E-state index is -0.964. The van der Waals surface area contributed by atoms with E-state index in [2.05, 4.69) is 0 Å². The summed E-state index contributed by atoms with van der Waals surface area (Å²) in [6.07, 6.45) is 1.79. The smallest absolute Gasteiger partial charge is 0.325 e. The van der Waals surface area contributed by atoms with Gasteiger partial charge in [0.15, 0.2) is 0 Å². The molecule has 0 saturated carbocycles. The van der Waals surface area contributed by atoms with Crippen molar-refractivity contribution < 1.29 is 23.8 Å². The molecule has 0 amide bonds. The second-order valence-corrected chi connectivity index (χ2v) is 5.27. The van der Waals surface area contributed by atoms with E-state index in [1.807, 2.05) is 11.8 Å². The fourth-order valence-corrected chi connectivity index (χ4v) is 2.51. The van der Waals surface area contributed by atoms with Gasteiger partial charge in [-0.2, -0.15) is 0 Å². The van der Waals surface area contributed by atoms with Crippen molar-refractivity contribution in [2.45, 2.75) is 25.8 Å². The normalized spacial score (nSPS) is 17.2. The van der Waals surface area contributed by atoms with E-state index in [-0.39, 0.29) is 0 Å². The van der Waals surface area contributed by atoms with Crippen LogP contribution in [0.2, 0.25) is 0 Å². The van der Waals surface area contributed by atoms with Crippen LogP contribution in [0, 0.1) is 5.82 Å². The molecular formula is C16H22FNO4. The molecule has 1 aliphatic heterocycles. The number of unbranched alkanes of at least 4 members (excludes halogenated alkanes) is 1. The Kier molecular flexibility index (Phi) is 6.15. The van der Waals surface area contributed by atoms with E-state index in [0.717, 1.165) is 12.8 Å². The van der Waals surface area contributed by atoms with Crippen molar-refractivity contribution in [3.05, 3.63) is 29.6 Å².